The second-order valence-electron chi connectivity index (χ2n) is 11.9. The lowest BCUT2D eigenvalue weighted by Crippen LogP contribution is -2.60. The van der Waals surface area contributed by atoms with Crippen LogP contribution in [0.15, 0.2) is 91.0 Å². The van der Waals surface area contributed by atoms with Crippen LogP contribution in [0.4, 0.5) is 14.9 Å². The third-order valence-electron chi connectivity index (χ3n) is 7.24. The number of ether oxygens (including phenoxy) is 4. The van der Waals surface area contributed by atoms with Crippen LogP contribution in [0.2, 0.25) is 0 Å². The molecule has 0 saturated carbocycles. The molecule has 1 fully saturated rings. The van der Waals surface area contributed by atoms with Crippen LogP contribution in [0.1, 0.15) is 32.8 Å². The molecule has 9 heteroatoms. The molecule has 0 radical (unpaired) electrons. The zero-order valence-corrected chi connectivity index (χ0v) is 25.9. The summed E-state index contributed by atoms with van der Waals surface area (Å²) in [6, 6.07) is 27.3. The number of fused-ring (bicyclic) bond motifs is 1. The van der Waals surface area contributed by atoms with E-state index in [-0.39, 0.29) is 38.0 Å². The Morgan fingerprint density at radius 2 is 1.58 bits per heavy atom. The standard InChI is InChI=1S/C36H39FN2O6/c1-36(2,3)45-35(41)38-22-30(25-44-32-16-13-26-9-4-5-10-27(26)21-32)39(34(40)23-38)29-14-17-31(18-15-29)43-20-8-19-42-24-28-11-6-7-12-33(28)37/h4-7,9-18,21,30H,8,19-20,22-25H2,1-3H3/t30-/m1/s1. The maximum Gasteiger partial charge on any atom is 0.410 e. The molecule has 1 heterocycles. The average Bonchev–Trinajstić information content (AvgIpc) is 3.02. The van der Waals surface area contributed by atoms with Gasteiger partial charge >= 0.3 is 6.09 Å². The van der Waals surface area contributed by atoms with Crippen LogP contribution in [0.3, 0.4) is 0 Å². The van der Waals surface area contributed by atoms with E-state index >= 15 is 0 Å². The van der Waals surface area contributed by atoms with Gasteiger partial charge in [0.05, 0.1) is 25.9 Å². The number of anilines is 1. The van der Waals surface area contributed by atoms with E-state index in [1.165, 1.54) is 11.0 Å². The number of carbonyl (C=O) groups excluding carboxylic acids is 2. The van der Waals surface area contributed by atoms with Crippen molar-refractivity contribution in [2.45, 2.75) is 45.4 Å². The fraction of sp³-hybridized carbons (Fsp3) is 0.333. The van der Waals surface area contributed by atoms with Gasteiger partial charge in [-0.3, -0.25) is 9.69 Å². The summed E-state index contributed by atoms with van der Waals surface area (Å²) in [5, 5.41) is 2.15. The molecule has 45 heavy (non-hydrogen) atoms. The molecule has 1 saturated heterocycles. The second kappa shape index (κ2) is 14.4. The Bertz CT molecular complexity index is 1600. The van der Waals surface area contributed by atoms with Gasteiger partial charge in [-0.2, -0.15) is 0 Å². The van der Waals surface area contributed by atoms with Crippen LogP contribution in [-0.4, -0.2) is 61.5 Å². The lowest BCUT2D eigenvalue weighted by Gasteiger charge is -2.41. The normalized spacial score (nSPS) is 15.3. The van der Waals surface area contributed by atoms with Gasteiger partial charge in [-0.1, -0.05) is 48.5 Å². The third-order valence-corrected chi connectivity index (χ3v) is 7.24. The Kier molecular flexibility index (Phi) is 10.2. The Morgan fingerprint density at radius 3 is 2.33 bits per heavy atom. The molecule has 5 rings (SSSR count). The van der Waals surface area contributed by atoms with Crippen molar-refractivity contribution >= 4 is 28.5 Å². The van der Waals surface area contributed by atoms with Crippen LogP contribution in [0.5, 0.6) is 11.5 Å². The van der Waals surface area contributed by atoms with Gasteiger partial charge in [0.15, 0.2) is 0 Å². The number of hydrogen-bond donors (Lipinski definition) is 0. The van der Waals surface area contributed by atoms with Crippen molar-refractivity contribution < 1.29 is 32.9 Å². The van der Waals surface area contributed by atoms with Gasteiger partial charge in [0.1, 0.15) is 36.1 Å². The minimum absolute atomic E-state index is 0.105. The van der Waals surface area contributed by atoms with Gasteiger partial charge in [-0.25, -0.2) is 9.18 Å². The lowest BCUT2D eigenvalue weighted by atomic mass is 10.1. The number of halogens is 1. The molecule has 4 aromatic carbocycles. The molecule has 1 atom stereocenters. The van der Waals surface area contributed by atoms with Crippen LogP contribution in [0.25, 0.3) is 10.8 Å². The first-order valence-electron chi connectivity index (χ1n) is 15.1. The van der Waals surface area contributed by atoms with Crippen molar-refractivity contribution in [1.29, 1.82) is 0 Å². The molecule has 0 N–H and O–H groups in total. The molecule has 236 valence electrons. The highest BCUT2D eigenvalue weighted by atomic mass is 19.1. The first-order chi connectivity index (χ1) is 21.7. The van der Waals surface area contributed by atoms with Crippen LogP contribution in [-0.2, 0) is 20.9 Å². The number of piperazine rings is 1. The summed E-state index contributed by atoms with van der Waals surface area (Å²) in [5.74, 6) is 0.815. The van der Waals surface area contributed by atoms with Gasteiger partial charge < -0.3 is 23.8 Å². The SMILES string of the molecule is CC(C)(C)OC(=O)N1CC(=O)N(c2ccc(OCCCOCc3ccccc3F)cc2)[C@@H](COc2ccc3ccccc3c2)C1. The summed E-state index contributed by atoms with van der Waals surface area (Å²) in [7, 11) is 0. The summed E-state index contributed by atoms with van der Waals surface area (Å²) in [6.45, 7) is 6.78. The Balaban J connectivity index is 1.21. The molecule has 0 bridgehead atoms. The second-order valence-corrected chi connectivity index (χ2v) is 11.9. The molecule has 1 aliphatic rings. The zero-order chi connectivity index (χ0) is 31.8. The lowest BCUT2D eigenvalue weighted by molar-refractivity contribution is -0.122. The smallest absolute Gasteiger partial charge is 0.410 e. The number of amides is 2. The third kappa shape index (κ3) is 8.73. The summed E-state index contributed by atoms with van der Waals surface area (Å²) in [5.41, 5.74) is 0.517. The Morgan fingerprint density at radius 1 is 0.867 bits per heavy atom. The van der Waals surface area contributed by atoms with E-state index in [1.807, 2.05) is 66.7 Å². The quantitative estimate of drug-likeness (QED) is 0.170. The Hall–Kier alpha value is -4.63. The van der Waals surface area contributed by atoms with Crippen LogP contribution >= 0.6 is 0 Å². The predicted octanol–water partition coefficient (Wildman–Crippen LogP) is 7.00. The molecule has 0 spiro atoms. The monoisotopic (exact) mass is 614 g/mol. The molecule has 2 amide bonds. The van der Waals surface area contributed by atoms with E-state index in [1.54, 1.807) is 43.9 Å². The van der Waals surface area contributed by atoms with Crippen LogP contribution in [0, 0.1) is 5.82 Å². The van der Waals surface area contributed by atoms with Gasteiger partial charge in [-0.15, -0.1) is 0 Å². The summed E-state index contributed by atoms with van der Waals surface area (Å²) >= 11 is 0. The predicted molar refractivity (Wildman–Crippen MR) is 171 cm³/mol. The van der Waals surface area contributed by atoms with E-state index in [0.29, 0.717) is 42.4 Å². The highest BCUT2D eigenvalue weighted by molar-refractivity contribution is 5.98. The number of nitrogens with zero attached hydrogens (tertiary/aromatic N) is 2. The minimum atomic E-state index is -0.684. The zero-order valence-electron chi connectivity index (χ0n) is 25.9. The van der Waals surface area contributed by atoms with Gasteiger partial charge in [-0.05, 0) is 74.0 Å². The van der Waals surface area contributed by atoms with Gasteiger partial charge in [0, 0.05) is 24.2 Å². The highest BCUT2D eigenvalue weighted by Crippen LogP contribution is 2.27. The largest absolute Gasteiger partial charge is 0.494 e. The summed E-state index contributed by atoms with van der Waals surface area (Å²) in [6.07, 6.45) is 0.100. The van der Waals surface area contributed by atoms with E-state index < -0.39 is 17.7 Å². The fourth-order valence-corrected chi connectivity index (χ4v) is 5.09. The number of carbonyl (C=O) groups is 2. The van der Waals surface area contributed by atoms with E-state index in [4.69, 9.17) is 18.9 Å². The molecule has 1 aliphatic heterocycles. The molecular formula is C36H39FN2O6. The van der Waals surface area contributed by atoms with Gasteiger partial charge in [0.25, 0.3) is 0 Å². The maximum absolute atomic E-state index is 13.7. The van der Waals surface area contributed by atoms with Crippen LogP contribution < -0.4 is 14.4 Å². The van der Waals surface area contributed by atoms with Crippen molar-refractivity contribution in [3.05, 3.63) is 102 Å². The minimum Gasteiger partial charge on any atom is -0.494 e. The van der Waals surface area contributed by atoms with Crippen molar-refractivity contribution in [3.8, 4) is 11.5 Å². The fourth-order valence-electron chi connectivity index (χ4n) is 5.09. The molecule has 0 unspecified atom stereocenters. The number of benzene rings is 4. The average molecular weight is 615 g/mol. The van der Waals surface area contributed by atoms with Crippen molar-refractivity contribution in [1.82, 2.24) is 4.90 Å². The van der Waals surface area contributed by atoms with E-state index in [9.17, 15) is 14.0 Å². The van der Waals surface area contributed by atoms with E-state index in [2.05, 4.69) is 0 Å². The molecule has 4 aromatic rings. The maximum atomic E-state index is 13.7. The summed E-state index contributed by atoms with van der Waals surface area (Å²) in [4.78, 5) is 29.5. The first-order valence-corrected chi connectivity index (χ1v) is 15.1. The van der Waals surface area contributed by atoms with Crippen molar-refractivity contribution in [2.75, 3.05) is 37.8 Å². The van der Waals surface area contributed by atoms with Gasteiger partial charge in [0.2, 0.25) is 5.91 Å². The Labute approximate surface area is 263 Å². The molecule has 0 aliphatic carbocycles. The van der Waals surface area contributed by atoms with Crippen molar-refractivity contribution in [3.63, 3.8) is 0 Å². The van der Waals surface area contributed by atoms with E-state index in [0.717, 1.165) is 10.8 Å². The molecule has 8 nitrogen and oxygen atoms in total. The first kappa shape index (κ1) is 31.8. The topological polar surface area (TPSA) is 77.5 Å². The number of hydrogen-bond acceptors (Lipinski definition) is 6. The summed E-state index contributed by atoms with van der Waals surface area (Å²) < 4.78 is 36.9. The highest BCUT2D eigenvalue weighted by Gasteiger charge is 2.38. The molecular weight excluding hydrogens is 575 g/mol. The van der Waals surface area contributed by atoms with Crippen molar-refractivity contribution in [2.24, 2.45) is 0 Å². The number of rotatable bonds is 11. The molecule has 0 aromatic heterocycles.